The Labute approximate surface area is 184 Å². The number of carbonyl (C=O) groups is 2. The van der Waals surface area contributed by atoms with Gasteiger partial charge in [-0.3, -0.25) is 9.59 Å². The number of methoxy groups -OCH3 is 1. The zero-order chi connectivity index (χ0) is 21.8. The van der Waals surface area contributed by atoms with Gasteiger partial charge in [0.15, 0.2) is 0 Å². The molecule has 1 N–H and O–H groups in total. The maximum absolute atomic E-state index is 12.2. The van der Waals surface area contributed by atoms with Crippen molar-refractivity contribution < 1.29 is 19.4 Å². The highest BCUT2D eigenvalue weighted by Crippen LogP contribution is 2.22. The molecule has 166 valence electrons. The number of thioether (sulfide) groups is 1. The number of carbonyl (C=O) groups excluding carboxylic acids is 2. The van der Waals surface area contributed by atoms with Crippen LogP contribution < -0.4 is 0 Å². The lowest BCUT2D eigenvalue weighted by Gasteiger charge is -2.23. The maximum Gasteiger partial charge on any atom is 0.305 e. The van der Waals surface area contributed by atoms with Gasteiger partial charge in [-0.15, -0.1) is 0 Å². The number of rotatable bonds is 13. The van der Waals surface area contributed by atoms with Crippen molar-refractivity contribution in [3.05, 3.63) is 48.0 Å². The van der Waals surface area contributed by atoms with Gasteiger partial charge in [-0.25, -0.2) is 0 Å². The summed E-state index contributed by atoms with van der Waals surface area (Å²) < 4.78 is 4.64. The molecule has 1 saturated heterocycles. The molecule has 0 radical (unpaired) electrons. The molecule has 6 heteroatoms. The minimum absolute atomic E-state index is 0.0733. The number of likely N-dealkylation sites (tertiary alicyclic amines) is 1. The minimum atomic E-state index is -0.501. The van der Waals surface area contributed by atoms with E-state index in [2.05, 4.69) is 23.8 Å². The second-order valence-corrected chi connectivity index (χ2v) is 9.09. The number of hydrogen-bond acceptors (Lipinski definition) is 5. The topological polar surface area (TPSA) is 66.8 Å². The molecule has 1 aliphatic heterocycles. The van der Waals surface area contributed by atoms with E-state index >= 15 is 0 Å². The van der Waals surface area contributed by atoms with E-state index in [0.717, 1.165) is 37.2 Å². The zero-order valence-electron chi connectivity index (χ0n) is 18.2. The van der Waals surface area contributed by atoms with Crippen molar-refractivity contribution in [1.29, 1.82) is 0 Å². The van der Waals surface area contributed by atoms with Crippen LogP contribution in [-0.4, -0.2) is 59.2 Å². The summed E-state index contributed by atoms with van der Waals surface area (Å²) in [5.41, 5.74) is 1.29. The van der Waals surface area contributed by atoms with Crippen LogP contribution in [0, 0.1) is 5.92 Å². The molecule has 1 heterocycles. The third-order valence-electron chi connectivity index (χ3n) is 5.59. The summed E-state index contributed by atoms with van der Waals surface area (Å²) in [6, 6.07) is 10.4. The molecule has 1 amide bonds. The van der Waals surface area contributed by atoms with Crippen LogP contribution >= 0.6 is 11.8 Å². The van der Waals surface area contributed by atoms with Crippen molar-refractivity contribution in [2.24, 2.45) is 5.92 Å². The van der Waals surface area contributed by atoms with Gasteiger partial charge in [0.05, 0.1) is 19.3 Å². The first-order valence-corrected chi connectivity index (χ1v) is 12.0. The Bertz CT molecular complexity index is 679. The van der Waals surface area contributed by atoms with E-state index in [-0.39, 0.29) is 23.8 Å². The minimum Gasteiger partial charge on any atom is -0.469 e. The molecule has 1 fully saturated rings. The summed E-state index contributed by atoms with van der Waals surface area (Å²) >= 11 is 1.76. The number of aliphatic hydroxyl groups excluding tert-OH is 1. The summed E-state index contributed by atoms with van der Waals surface area (Å²) in [5, 5.41) is 10.5. The molecule has 0 spiro atoms. The van der Waals surface area contributed by atoms with Gasteiger partial charge in [0.1, 0.15) is 0 Å². The first kappa shape index (κ1) is 24.5. The van der Waals surface area contributed by atoms with Crippen LogP contribution in [0.3, 0.4) is 0 Å². The second-order valence-electron chi connectivity index (χ2n) is 7.86. The van der Waals surface area contributed by atoms with Crippen LogP contribution in [-0.2, 0) is 20.7 Å². The molecule has 1 aromatic carbocycles. The lowest BCUT2D eigenvalue weighted by atomic mass is 9.95. The fourth-order valence-corrected chi connectivity index (χ4v) is 4.45. The van der Waals surface area contributed by atoms with Gasteiger partial charge in [0.25, 0.3) is 0 Å². The number of benzene rings is 1. The summed E-state index contributed by atoms with van der Waals surface area (Å²) in [6.07, 6.45) is 7.87. The maximum atomic E-state index is 12.2. The van der Waals surface area contributed by atoms with Crippen molar-refractivity contribution in [3.8, 4) is 0 Å². The molecule has 0 aromatic heterocycles. The van der Waals surface area contributed by atoms with Crippen LogP contribution in [0.25, 0.3) is 0 Å². The number of ether oxygens (including phenoxy) is 1. The number of aryl methyl sites for hydroxylation is 1. The van der Waals surface area contributed by atoms with E-state index in [1.807, 2.05) is 35.3 Å². The normalized spacial score (nSPS) is 18.7. The fraction of sp³-hybridized carbons (Fsp3) is 0.583. The predicted octanol–water partition coefficient (Wildman–Crippen LogP) is 3.85. The molecule has 1 unspecified atom stereocenters. The second kappa shape index (κ2) is 13.5. The number of amides is 1. The summed E-state index contributed by atoms with van der Waals surface area (Å²) in [5.74, 6) is 1.92. The summed E-state index contributed by atoms with van der Waals surface area (Å²) in [4.78, 5) is 25.3. The van der Waals surface area contributed by atoms with Gasteiger partial charge < -0.3 is 14.7 Å². The average molecular weight is 434 g/mol. The molecule has 1 aliphatic rings. The van der Waals surface area contributed by atoms with Gasteiger partial charge in [-0.05, 0) is 42.9 Å². The SMILES string of the molecule is COC(=O)CCCSCCN1C(=O)CCC1C=C[C@@H](O)[C@@H](C)CCc1ccccc1. The van der Waals surface area contributed by atoms with E-state index in [1.54, 1.807) is 11.8 Å². The van der Waals surface area contributed by atoms with Crippen molar-refractivity contribution in [3.63, 3.8) is 0 Å². The first-order chi connectivity index (χ1) is 14.5. The molecule has 3 atom stereocenters. The Hall–Kier alpha value is -1.79. The smallest absolute Gasteiger partial charge is 0.305 e. The highest BCUT2D eigenvalue weighted by atomic mass is 32.2. The van der Waals surface area contributed by atoms with Crippen LogP contribution in [0.4, 0.5) is 0 Å². The lowest BCUT2D eigenvalue weighted by Crippen LogP contribution is -2.34. The van der Waals surface area contributed by atoms with Crippen LogP contribution in [0.2, 0.25) is 0 Å². The zero-order valence-corrected chi connectivity index (χ0v) is 19.0. The molecular weight excluding hydrogens is 398 g/mol. The largest absolute Gasteiger partial charge is 0.469 e. The number of hydrogen-bond donors (Lipinski definition) is 1. The summed E-state index contributed by atoms with van der Waals surface area (Å²) in [7, 11) is 1.41. The van der Waals surface area contributed by atoms with Crippen LogP contribution in [0.1, 0.15) is 44.6 Å². The Morgan fingerprint density at radius 1 is 1.33 bits per heavy atom. The van der Waals surface area contributed by atoms with Crippen LogP contribution in [0.15, 0.2) is 42.5 Å². The third-order valence-corrected chi connectivity index (χ3v) is 6.64. The molecule has 0 saturated carbocycles. The van der Waals surface area contributed by atoms with Gasteiger partial charge in [0.2, 0.25) is 5.91 Å². The lowest BCUT2D eigenvalue weighted by molar-refractivity contribution is -0.140. The summed E-state index contributed by atoms with van der Waals surface area (Å²) in [6.45, 7) is 2.77. The molecule has 30 heavy (non-hydrogen) atoms. The van der Waals surface area contributed by atoms with E-state index in [0.29, 0.717) is 19.4 Å². The van der Waals surface area contributed by atoms with Gasteiger partial charge >= 0.3 is 5.97 Å². The Balaban J connectivity index is 1.71. The van der Waals surface area contributed by atoms with Crippen LogP contribution in [0.5, 0.6) is 0 Å². The highest BCUT2D eigenvalue weighted by Gasteiger charge is 2.28. The first-order valence-electron chi connectivity index (χ1n) is 10.9. The molecular formula is C24H35NO4S. The molecule has 1 aromatic rings. The van der Waals surface area contributed by atoms with Crippen molar-refractivity contribution >= 4 is 23.6 Å². The van der Waals surface area contributed by atoms with E-state index in [9.17, 15) is 14.7 Å². The average Bonchev–Trinajstić information content (AvgIpc) is 3.12. The fourth-order valence-electron chi connectivity index (χ4n) is 3.57. The van der Waals surface area contributed by atoms with E-state index in [4.69, 9.17) is 0 Å². The van der Waals surface area contributed by atoms with Crippen molar-refractivity contribution in [1.82, 2.24) is 4.90 Å². The standard InChI is InChI=1S/C24H35NO4S/c1-19(10-11-20-7-4-3-5-8-20)22(26)14-12-21-13-15-23(27)25(21)16-18-30-17-6-9-24(28)29-2/h3-5,7-8,12,14,19,21-22,26H,6,9-11,13,15-18H2,1-2H3/t19-,21?,22+/m0/s1. The van der Waals surface area contributed by atoms with Crippen molar-refractivity contribution in [2.75, 3.05) is 25.2 Å². The Morgan fingerprint density at radius 2 is 2.10 bits per heavy atom. The third kappa shape index (κ3) is 8.52. The van der Waals surface area contributed by atoms with Gasteiger partial charge in [-0.2, -0.15) is 11.8 Å². The number of esters is 1. The quantitative estimate of drug-likeness (QED) is 0.291. The molecule has 5 nitrogen and oxygen atoms in total. The van der Waals surface area contributed by atoms with E-state index in [1.165, 1.54) is 12.7 Å². The Kier molecular flexibility index (Phi) is 11.0. The van der Waals surface area contributed by atoms with Crippen molar-refractivity contribution in [2.45, 2.75) is 57.6 Å². The predicted molar refractivity (Wildman–Crippen MR) is 122 cm³/mol. The van der Waals surface area contributed by atoms with Gasteiger partial charge in [0, 0.05) is 25.1 Å². The highest BCUT2D eigenvalue weighted by molar-refractivity contribution is 7.99. The molecule has 0 aliphatic carbocycles. The molecule has 2 rings (SSSR count). The Morgan fingerprint density at radius 3 is 2.83 bits per heavy atom. The monoisotopic (exact) mass is 433 g/mol. The van der Waals surface area contributed by atoms with E-state index < -0.39 is 6.10 Å². The van der Waals surface area contributed by atoms with Gasteiger partial charge in [-0.1, -0.05) is 49.4 Å². The molecule has 0 bridgehead atoms. The number of nitrogens with zero attached hydrogens (tertiary/aromatic N) is 1. The number of aliphatic hydroxyl groups is 1.